The third kappa shape index (κ3) is 9.39. The van der Waals surface area contributed by atoms with Gasteiger partial charge in [-0.15, -0.1) is 0 Å². The average Bonchev–Trinajstić information content (AvgIpc) is 2.98. The molecule has 3 aromatic carbocycles. The van der Waals surface area contributed by atoms with Gasteiger partial charge in [-0.2, -0.15) is 13.2 Å². The number of phenolic OH excluding ortho intramolecular Hbond substituents is 1. The summed E-state index contributed by atoms with van der Waals surface area (Å²) in [6.07, 6.45) is -3.24. The lowest BCUT2D eigenvalue weighted by atomic mass is 9.78. The molecule has 1 heterocycles. The fourth-order valence-corrected chi connectivity index (χ4v) is 4.91. The Bertz CT molecular complexity index is 1770. The van der Waals surface area contributed by atoms with Crippen LogP contribution in [0.25, 0.3) is 0 Å². The summed E-state index contributed by atoms with van der Waals surface area (Å²) in [7, 11) is 0. The number of aromatic hydroxyl groups is 1. The van der Waals surface area contributed by atoms with Crippen LogP contribution < -0.4 is 26.2 Å². The average molecular weight is 684 g/mol. The predicted octanol–water partition coefficient (Wildman–Crippen LogP) is 8.93. The fourth-order valence-electron chi connectivity index (χ4n) is 4.69. The van der Waals surface area contributed by atoms with E-state index in [0.29, 0.717) is 23.7 Å². The quantitative estimate of drug-likeness (QED) is 0.118. The van der Waals surface area contributed by atoms with Crippen LogP contribution in [0.2, 0.25) is 5.02 Å². The number of hydrogen-bond donors (Lipinski definition) is 5. The minimum atomic E-state index is -4.67. The van der Waals surface area contributed by atoms with Gasteiger partial charge in [-0.05, 0) is 76.1 Å². The molecule has 0 atom stereocenters. The molecule has 0 spiro atoms. The van der Waals surface area contributed by atoms with Gasteiger partial charge in [-0.1, -0.05) is 65.3 Å². The molecular weight excluding hydrogens is 647 g/mol. The highest BCUT2D eigenvalue weighted by atomic mass is 35.5. The third-order valence-electron chi connectivity index (χ3n) is 7.12. The van der Waals surface area contributed by atoms with Gasteiger partial charge in [-0.3, -0.25) is 15.2 Å². The fraction of sp³-hybridized carbons (Fsp3) is 0.286. The Labute approximate surface area is 281 Å². The molecule has 3 amide bonds. The molecule has 5 N–H and O–H groups in total. The number of aromatic nitrogens is 1. The Hall–Kier alpha value is -4.81. The van der Waals surface area contributed by atoms with Gasteiger partial charge in [0.05, 0.1) is 10.6 Å². The Kier molecular flexibility index (Phi) is 10.6. The van der Waals surface area contributed by atoms with Gasteiger partial charge in [0.25, 0.3) is 5.91 Å². The molecule has 13 heteroatoms. The van der Waals surface area contributed by atoms with Crippen molar-refractivity contribution in [3.63, 3.8) is 0 Å². The first-order valence-corrected chi connectivity index (χ1v) is 15.3. The zero-order valence-corrected chi connectivity index (χ0v) is 28.0. The number of anilines is 2. The first-order valence-electron chi connectivity index (χ1n) is 14.9. The van der Waals surface area contributed by atoms with Gasteiger partial charge in [-0.25, -0.2) is 10.2 Å². The molecule has 0 aliphatic rings. The second-order valence-corrected chi connectivity index (χ2v) is 13.5. The number of nitrogens with one attached hydrogen (secondary N) is 4. The molecule has 0 unspecified atom stereocenters. The van der Waals surface area contributed by atoms with Crippen molar-refractivity contribution in [2.45, 2.75) is 65.1 Å². The molecule has 4 aromatic rings. The molecular formula is C35H37ClF3N5O4. The van der Waals surface area contributed by atoms with Crippen molar-refractivity contribution in [3.8, 4) is 17.2 Å². The van der Waals surface area contributed by atoms with E-state index in [1.165, 1.54) is 30.5 Å². The third-order valence-corrected chi connectivity index (χ3v) is 7.45. The number of benzene rings is 3. The number of hydrazine groups is 1. The zero-order chi connectivity index (χ0) is 35.4. The van der Waals surface area contributed by atoms with E-state index in [1.807, 2.05) is 53.7 Å². The number of ether oxygens (including phenoxy) is 1. The largest absolute Gasteiger partial charge is 0.507 e. The normalized spacial score (nSPS) is 12.0. The van der Waals surface area contributed by atoms with Crippen molar-refractivity contribution < 1.29 is 32.6 Å². The van der Waals surface area contributed by atoms with Crippen molar-refractivity contribution in [1.82, 2.24) is 15.8 Å². The summed E-state index contributed by atoms with van der Waals surface area (Å²) in [5.74, 6) is 0.515. The van der Waals surface area contributed by atoms with Crippen LogP contribution >= 0.6 is 11.6 Å². The highest BCUT2D eigenvalue weighted by Crippen LogP contribution is 2.40. The summed E-state index contributed by atoms with van der Waals surface area (Å²) in [4.78, 5) is 29.4. The number of pyridine rings is 1. The lowest BCUT2D eigenvalue weighted by molar-refractivity contribution is -0.137. The molecule has 0 bridgehead atoms. The molecule has 0 aliphatic heterocycles. The lowest BCUT2D eigenvalue weighted by Crippen LogP contribution is -2.37. The number of phenols is 1. The first-order chi connectivity index (χ1) is 22.3. The highest BCUT2D eigenvalue weighted by molar-refractivity contribution is 6.31. The minimum absolute atomic E-state index is 0.0818. The number of urea groups is 1. The van der Waals surface area contributed by atoms with E-state index in [0.717, 1.165) is 28.8 Å². The Morgan fingerprint density at radius 2 is 1.38 bits per heavy atom. The molecule has 48 heavy (non-hydrogen) atoms. The van der Waals surface area contributed by atoms with Gasteiger partial charge in [0.2, 0.25) is 0 Å². The van der Waals surface area contributed by atoms with Gasteiger partial charge in [0.1, 0.15) is 22.9 Å². The van der Waals surface area contributed by atoms with E-state index in [9.17, 15) is 27.9 Å². The monoisotopic (exact) mass is 683 g/mol. The van der Waals surface area contributed by atoms with Crippen molar-refractivity contribution >= 4 is 34.9 Å². The molecule has 0 fully saturated rings. The number of rotatable bonds is 8. The van der Waals surface area contributed by atoms with Crippen LogP contribution in [0, 0.1) is 0 Å². The van der Waals surface area contributed by atoms with Gasteiger partial charge in [0.15, 0.2) is 0 Å². The molecule has 0 radical (unpaired) electrons. The van der Waals surface area contributed by atoms with Crippen molar-refractivity contribution in [2.24, 2.45) is 0 Å². The summed E-state index contributed by atoms with van der Waals surface area (Å²) < 4.78 is 45.2. The second kappa shape index (κ2) is 14.1. The van der Waals surface area contributed by atoms with Crippen LogP contribution in [-0.4, -0.2) is 22.0 Å². The smallest absolute Gasteiger partial charge is 0.417 e. The Morgan fingerprint density at radius 3 is 1.96 bits per heavy atom. The van der Waals surface area contributed by atoms with E-state index >= 15 is 0 Å². The second-order valence-electron chi connectivity index (χ2n) is 13.1. The number of carbonyl (C=O) groups is 2. The number of carbonyl (C=O) groups excluding carboxylic acids is 2. The summed E-state index contributed by atoms with van der Waals surface area (Å²) in [6, 6.07) is 15.4. The number of hydrogen-bond acceptors (Lipinski definition) is 6. The standard InChI is InChI=1S/C35H37ClF3N5O4/c1-33(2,3)26-15-20(16-27(30(26)45)34(4,5)6)19-41-44-31(46)29-18-24(13-14-40-29)48-23-10-7-21(8-11-23)42-32(47)43-22-9-12-28(36)25(17-22)35(37,38)39/h7-18,41,45H,19H2,1-6H3,(H,44,46)(H2,42,43,47). The first kappa shape index (κ1) is 36.0. The topological polar surface area (TPSA) is 125 Å². The summed E-state index contributed by atoms with van der Waals surface area (Å²) in [5, 5.41) is 15.4. The molecule has 4 rings (SSSR count). The number of amides is 3. The molecule has 254 valence electrons. The summed E-state index contributed by atoms with van der Waals surface area (Å²) in [5.41, 5.74) is 6.85. The number of halogens is 4. The van der Waals surface area contributed by atoms with E-state index < -0.39 is 28.7 Å². The SMILES string of the molecule is CC(C)(C)c1cc(CNNC(=O)c2cc(Oc3ccc(NC(=O)Nc4ccc(Cl)c(C(F)(F)F)c4)cc3)ccn2)cc(C(C)(C)C)c1O. The van der Waals surface area contributed by atoms with Crippen LogP contribution in [0.15, 0.2) is 72.9 Å². The molecule has 9 nitrogen and oxygen atoms in total. The predicted molar refractivity (Wildman–Crippen MR) is 180 cm³/mol. The van der Waals surface area contributed by atoms with Crippen LogP contribution in [0.4, 0.5) is 29.3 Å². The van der Waals surface area contributed by atoms with Crippen LogP contribution in [0.5, 0.6) is 17.2 Å². The van der Waals surface area contributed by atoms with Crippen LogP contribution in [-0.2, 0) is 23.6 Å². The van der Waals surface area contributed by atoms with Crippen LogP contribution in [0.3, 0.4) is 0 Å². The number of alkyl halides is 3. The van der Waals surface area contributed by atoms with E-state index in [1.54, 1.807) is 18.2 Å². The zero-order valence-electron chi connectivity index (χ0n) is 27.3. The lowest BCUT2D eigenvalue weighted by Gasteiger charge is -2.28. The van der Waals surface area contributed by atoms with E-state index in [-0.39, 0.29) is 28.0 Å². The van der Waals surface area contributed by atoms with Crippen molar-refractivity contribution in [1.29, 1.82) is 0 Å². The maximum atomic E-state index is 13.1. The minimum Gasteiger partial charge on any atom is -0.507 e. The molecule has 1 aromatic heterocycles. The van der Waals surface area contributed by atoms with Crippen LogP contribution in [0.1, 0.15) is 74.3 Å². The molecule has 0 saturated heterocycles. The van der Waals surface area contributed by atoms with E-state index in [4.69, 9.17) is 16.3 Å². The van der Waals surface area contributed by atoms with Gasteiger partial charge >= 0.3 is 12.2 Å². The highest BCUT2D eigenvalue weighted by Gasteiger charge is 2.33. The Balaban J connectivity index is 1.34. The van der Waals surface area contributed by atoms with Crippen molar-refractivity contribution in [3.05, 3.63) is 106 Å². The number of nitrogens with zero attached hydrogens (tertiary/aromatic N) is 1. The van der Waals surface area contributed by atoms with E-state index in [2.05, 4.69) is 26.5 Å². The molecule has 0 aliphatic carbocycles. The maximum absolute atomic E-state index is 13.1. The summed E-state index contributed by atoms with van der Waals surface area (Å²) >= 11 is 5.63. The van der Waals surface area contributed by atoms with Gasteiger partial charge in [0, 0.05) is 30.2 Å². The van der Waals surface area contributed by atoms with Gasteiger partial charge < -0.3 is 20.5 Å². The Morgan fingerprint density at radius 1 is 0.792 bits per heavy atom. The molecule has 0 saturated carbocycles. The summed E-state index contributed by atoms with van der Waals surface area (Å²) in [6.45, 7) is 12.5. The maximum Gasteiger partial charge on any atom is 0.417 e. The van der Waals surface area contributed by atoms with Crippen molar-refractivity contribution in [2.75, 3.05) is 10.6 Å².